The summed E-state index contributed by atoms with van der Waals surface area (Å²) in [6.07, 6.45) is 2.46. The Morgan fingerprint density at radius 1 is 0.553 bits per heavy atom. The number of nitrogens with zero attached hydrogens (tertiary/aromatic N) is 3. The molecule has 38 heavy (non-hydrogen) atoms. The molecule has 5 nitrogen and oxygen atoms in total. The van der Waals surface area contributed by atoms with Gasteiger partial charge < -0.3 is 9.47 Å². The first-order valence-electron chi connectivity index (χ1n) is 14.9. The van der Waals surface area contributed by atoms with Crippen molar-refractivity contribution in [2.75, 3.05) is 52.5 Å². The Hall–Kier alpha value is -1.76. The fourth-order valence-corrected chi connectivity index (χ4v) is 5.10. The van der Waals surface area contributed by atoms with Crippen LogP contribution >= 0.6 is 0 Å². The molecule has 2 rings (SSSR count). The number of rotatable bonds is 21. The van der Waals surface area contributed by atoms with E-state index in [-0.39, 0.29) is 0 Å². The monoisotopic (exact) mass is 525 g/mol. The lowest BCUT2D eigenvalue weighted by atomic mass is 10.1. The number of ether oxygens (including phenoxy) is 2. The van der Waals surface area contributed by atoms with Crippen LogP contribution in [0.2, 0.25) is 0 Å². The Morgan fingerprint density at radius 2 is 0.947 bits per heavy atom. The highest BCUT2D eigenvalue weighted by atomic mass is 16.5. The summed E-state index contributed by atoms with van der Waals surface area (Å²) in [5, 5.41) is 0. The Morgan fingerprint density at radius 3 is 1.32 bits per heavy atom. The second kappa shape index (κ2) is 19.3. The first-order valence-corrected chi connectivity index (χ1v) is 14.9. The number of hydrogen-bond donors (Lipinski definition) is 0. The highest BCUT2D eigenvalue weighted by Gasteiger charge is 2.20. The summed E-state index contributed by atoms with van der Waals surface area (Å²) < 4.78 is 12.1. The Bertz CT molecular complexity index is 756. The van der Waals surface area contributed by atoms with Gasteiger partial charge in [-0.1, -0.05) is 87.9 Å². The van der Waals surface area contributed by atoms with Crippen molar-refractivity contribution in [2.45, 2.75) is 85.7 Å². The normalized spacial score (nSPS) is 14.3. The van der Waals surface area contributed by atoms with E-state index in [1.807, 2.05) is 0 Å². The molecule has 0 spiro atoms. The van der Waals surface area contributed by atoms with Crippen molar-refractivity contribution in [3.8, 4) is 0 Å². The van der Waals surface area contributed by atoms with E-state index in [9.17, 15) is 0 Å². The van der Waals surface area contributed by atoms with Crippen LogP contribution in [0.15, 0.2) is 60.7 Å². The van der Waals surface area contributed by atoms with E-state index >= 15 is 0 Å². The van der Waals surface area contributed by atoms with Crippen LogP contribution in [0.1, 0.15) is 65.5 Å². The van der Waals surface area contributed by atoms with Crippen LogP contribution in [-0.2, 0) is 22.7 Å². The van der Waals surface area contributed by atoms with Gasteiger partial charge in [0.15, 0.2) is 0 Å². The minimum atomic E-state index is 0.404. The molecular weight excluding hydrogens is 470 g/mol. The molecule has 0 aliphatic heterocycles. The molecular formula is C33H55N3O2. The third-order valence-electron chi connectivity index (χ3n) is 7.68. The van der Waals surface area contributed by atoms with E-state index in [2.05, 4.69) is 117 Å². The first-order chi connectivity index (χ1) is 18.5. The molecule has 0 aliphatic rings. The fraction of sp³-hybridized carbons (Fsp3) is 0.636. The van der Waals surface area contributed by atoms with Crippen LogP contribution in [0.3, 0.4) is 0 Å². The van der Waals surface area contributed by atoms with Gasteiger partial charge in [-0.25, -0.2) is 0 Å². The molecule has 0 N–H and O–H groups in total. The summed E-state index contributed by atoms with van der Waals surface area (Å²) in [7, 11) is 0. The maximum Gasteiger partial charge on any atom is 0.0717 e. The van der Waals surface area contributed by atoms with E-state index in [1.165, 1.54) is 24.0 Å². The molecule has 0 saturated carbocycles. The van der Waals surface area contributed by atoms with Gasteiger partial charge in [0, 0.05) is 44.3 Å². The third kappa shape index (κ3) is 12.4. The fourth-order valence-electron chi connectivity index (χ4n) is 5.10. The van der Waals surface area contributed by atoms with Crippen molar-refractivity contribution in [3.05, 3.63) is 71.8 Å². The topological polar surface area (TPSA) is 28.2 Å². The van der Waals surface area contributed by atoms with E-state index in [0.29, 0.717) is 31.3 Å². The molecule has 0 amide bonds. The molecule has 5 heteroatoms. The van der Waals surface area contributed by atoms with Crippen LogP contribution in [-0.4, -0.2) is 85.3 Å². The molecule has 2 aromatic carbocycles. The second-order valence-electron chi connectivity index (χ2n) is 10.6. The zero-order valence-corrected chi connectivity index (χ0v) is 25.1. The minimum Gasteiger partial charge on any atom is -0.375 e. The minimum absolute atomic E-state index is 0.404. The van der Waals surface area contributed by atoms with Gasteiger partial charge in [-0.3, -0.25) is 14.7 Å². The standard InChI is InChI=1S/C33H55N3O2/c1-7-16-29(4)36(23-21-34(8-2)30(5)25-37-27-32-17-12-10-13-18-32)24-22-35(9-3)31(6)26-38-28-33-19-14-11-15-20-33/h10-15,17-20,29-31H,7-9,16,21-28H2,1-6H3. The van der Waals surface area contributed by atoms with Gasteiger partial charge in [-0.2, -0.15) is 0 Å². The van der Waals surface area contributed by atoms with E-state index in [1.54, 1.807) is 0 Å². The molecule has 0 heterocycles. The highest BCUT2D eigenvalue weighted by molar-refractivity contribution is 5.14. The second-order valence-corrected chi connectivity index (χ2v) is 10.6. The average Bonchev–Trinajstić information content (AvgIpc) is 2.93. The molecule has 3 unspecified atom stereocenters. The molecule has 0 bridgehead atoms. The molecule has 0 aliphatic carbocycles. The van der Waals surface area contributed by atoms with Crippen LogP contribution < -0.4 is 0 Å². The van der Waals surface area contributed by atoms with E-state index in [0.717, 1.165) is 52.5 Å². The van der Waals surface area contributed by atoms with Gasteiger partial charge in [0.1, 0.15) is 0 Å². The molecule has 214 valence electrons. The zero-order valence-electron chi connectivity index (χ0n) is 25.1. The smallest absolute Gasteiger partial charge is 0.0717 e. The molecule has 0 saturated heterocycles. The molecule has 0 aromatic heterocycles. The van der Waals surface area contributed by atoms with Crippen molar-refractivity contribution in [2.24, 2.45) is 0 Å². The van der Waals surface area contributed by atoms with Crippen LogP contribution in [0.25, 0.3) is 0 Å². The van der Waals surface area contributed by atoms with Gasteiger partial charge >= 0.3 is 0 Å². The summed E-state index contributed by atoms with van der Waals surface area (Å²) in [5.74, 6) is 0. The van der Waals surface area contributed by atoms with Crippen LogP contribution in [0.5, 0.6) is 0 Å². The predicted octanol–water partition coefficient (Wildman–Crippen LogP) is 6.33. The van der Waals surface area contributed by atoms with Crippen molar-refractivity contribution in [3.63, 3.8) is 0 Å². The summed E-state index contributed by atoms with van der Waals surface area (Å²) in [6, 6.07) is 22.3. The predicted molar refractivity (Wildman–Crippen MR) is 162 cm³/mol. The Kier molecular flexibility index (Phi) is 16.5. The van der Waals surface area contributed by atoms with Crippen molar-refractivity contribution >= 4 is 0 Å². The summed E-state index contributed by atoms with van der Waals surface area (Å²) >= 11 is 0. The molecule has 3 atom stereocenters. The summed E-state index contributed by atoms with van der Waals surface area (Å²) in [4.78, 5) is 7.83. The van der Waals surface area contributed by atoms with Crippen LogP contribution in [0, 0.1) is 0 Å². The number of benzene rings is 2. The average molecular weight is 526 g/mol. The van der Waals surface area contributed by atoms with Gasteiger partial charge in [0.25, 0.3) is 0 Å². The summed E-state index contributed by atoms with van der Waals surface area (Å²) in [5.41, 5.74) is 2.48. The quantitative estimate of drug-likeness (QED) is 0.190. The number of hydrogen-bond acceptors (Lipinski definition) is 5. The Labute approximate surface area is 234 Å². The highest BCUT2D eigenvalue weighted by Crippen LogP contribution is 2.11. The van der Waals surface area contributed by atoms with E-state index < -0.39 is 0 Å². The number of likely N-dealkylation sites (N-methyl/N-ethyl adjacent to an activating group) is 2. The lowest BCUT2D eigenvalue weighted by molar-refractivity contribution is 0.0427. The lowest BCUT2D eigenvalue weighted by Gasteiger charge is -2.36. The third-order valence-corrected chi connectivity index (χ3v) is 7.68. The SMILES string of the molecule is CCCC(C)N(CCN(CC)C(C)COCc1ccccc1)CCN(CC)C(C)COCc1ccccc1. The van der Waals surface area contributed by atoms with Crippen molar-refractivity contribution < 1.29 is 9.47 Å². The maximum absolute atomic E-state index is 6.06. The van der Waals surface area contributed by atoms with Gasteiger partial charge in [0.05, 0.1) is 26.4 Å². The lowest BCUT2D eigenvalue weighted by Crippen LogP contribution is -2.47. The van der Waals surface area contributed by atoms with Gasteiger partial charge in [0.2, 0.25) is 0 Å². The first kappa shape index (κ1) is 32.5. The van der Waals surface area contributed by atoms with Gasteiger partial charge in [-0.05, 0) is 51.4 Å². The summed E-state index contributed by atoms with van der Waals surface area (Å²) in [6.45, 7) is 23.1. The Balaban J connectivity index is 1.81. The largest absolute Gasteiger partial charge is 0.375 e. The van der Waals surface area contributed by atoms with Crippen LogP contribution in [0.4, 0.5) is 0 Å². The van der Waals surface area contributed by atoms with Crippen molar-refractivity contribution in [1.82, 2.24) is 14.7 Å². The molecule has 0 fully saturated rings. The van der Waals surface area contributed by atoms with E-state index in [4.69, 9.17) is 9.47 Å². The van der Waals surface area contributed by atoms with Gasteiger partial charge in [-0.15, -0.1) is 0 Å². The molecule has 2 aromatic rings. The van der Waals surface area contributed by atoms with Crippen molar-refractivity contribution in [1.29, 1.82) is 0 Å². The zero-order chi connectivity index (χ0) is 27.6. The maximum atomic E-state index is 6.06. The molecule has 0 radical (unpaired) electrons.